The van der Waals surface area contributed by atoms with E-state index in [-0.39, 0.29) is 34.3 Å². The Balaban J connectivity index is 0.000000244. The van der Waals surface area contributed by atoms with E-state index < -0.39 is 58.5 Å². The Morgan fingerprint density at radius 2 is 1.28 bits per heavy atom. The highest BCUT2D eigenvalue weighted by atomic mass is 35.5. The SMILES string of the molecule is Fc1ccc(-c2noc(CCl)n2)cc1C(F)(F)F.N#Cc1ccc(F)c(C(F)(F)F)c1.NC(=NO)c1ccc(F)c(C(F)(F)F)c1. The molecule has 20 heteroatoms. The van der Waals surface area contributed by atoms with Gasteiger partial charge in [-0.05, 0) is 54.6 Å². The van der Waals surface area contributed by atoms with E-state index in [1.165, 1.54) is 6.07 Å². The van der Waals surface area contributed by atoms with Crippen LogP contribution in [0.1, 0.15) is 33.7 Å². The van der Waals surface area contributed by atoms with Crippen LogP contribution in [0.5, 0.6) is 0 Å². The Labute approximate surface area is 254 Å². The van der Waals surface area contributed by atoms with E-state index >= 15 is 0 Å². The molecule has 3 N–H and O–H groups in total. The van der Waals surface area contributed by atoms with Gasteiger partial charge in [-0.1, -0.05) is 10.3 Å². The number of aromatic nitrogens is 2. The fraction of sp³-hybridized carbons (Fsp3) is 0.154. The molecule has 0 amide bonds. The lowest BCUT2D eigenvalue weighted by Gasteiger charge is -2.09. The first kappa shape index (κ1) is 37.2. The molecule has 0 aliphatic rings. The molecular formula is C26H14ClF12N5O2. The molecule has 0 fully saturated rings. The van der Waals surface area contributed by atoms with Crippen LogP contribution >= 0.6 is 11.6 Å². The van der Waals surface area contributed by atoms with E-state index in [0.29, 0.717) is 36.4 Å². The minimum Gasteiger partial charge on any atom is -0.409 e. The number of hydrogen-bond donors (Lipinski definition) is 2. The van der Waals surface area contributed by atoms with Gasteiger partial charge in [0.25, 0.3) is 0 Å². The standard InChI is InChI=1S/C10H5ClF4N2O.C8H6F4N2O.C8H3F4N/c11-4-8-16-9(17-18-8)5-1-2-7(12)6(3-5)10(13,14)15;9-6-2-1-4(7(13)14-15)3-5(6)8(10,11)12;9-7-2-1-5(4-13)3-6(7)8(10,11)12/h1-3H,4H2;1-3,15H,(H2,13,14);1-3H. The second kappa shape index (κ2) is 14.9. The number of hydrogen-bond acceptors (Lipinski definition) is 6. The Kier molecular flexibility index (Phi) is 12.0. The van der Waals surface area contributed by atoms with Crippen molar-refractivity contribution < 1.29 is 62.4 Å². The third-order valence-electron chi connectivity index (χ3n) is 5.19. The van der Waals surface area contributed by atoms with Crippen molar-refractivity contribution >= 4 is 17.4 Å². The zero-order valence-electron chi connectivity index (χ0n) is 22.0. The zero-order valence-corrected chi connectivity index (χ0v) is 22.8. The van der Waals surface area contributed by atoms with Crippen LogP contribution < -0.4 is 5.73 Å². The summed E-state index contributed by atoms with van der Waals surface area (Å²) in [6.45, 7) is 0. The maximum atomic E-state index is 13.0. The van der Waals surface area contributed by atoms with Crippen molar-refractivity contribution in [2.75, 3.05) is 0 Å². The van der Waals surface area contributed by atoms with Crippen molar-refractivity contribution in [3.05, 3.63) is 106 Å². The van der Waals surface area contributed by atoms with Crippen LogP contribution in [-0.4, -0.2) is 21.2 Å². The lowest BCUT2D eigenvalue weighted by molar-refractivity contribution is -0.140. The number of nitriles is 1. The molecule has 0 aliphatic carbocycles. The maximum absolute atomic E-state index is 13.0. The van der Waals surface area contributed by atoms with Crippen molar-refractivity contribution in [2.24, 2.45) is 10.9 Å². The number of rotatable bonds is 3. The zero-order chi connectivity index (χ0) is 35.0. The molecule has 0 aliphatic heterocycles. The Morgan fingerprint density at radius 1 is 0.804 bits per heavy atom. The number of nitrogens with zero attached hydrogens (tertiary/aromatic N) is 4. The fourth-order valence-corrected chi connectivity index (χ4v) is 3.19. The number of nitrogens with two attached hydrogens (primary N) is 1. The summed E-state index contributed by atoms with van der Waals surface area (Å²) in [4.78, 5) is 3.75. The molecule has 1 heterocycles. The van der Waals surface area contributed by atoms with E-state index in [0.717, 1.165) is 18.2 Å². The van der Waals surface area contributed by atoms with Gasteiger partial charge in [0.15, 0.2) is 5.84 Å². The average molecular weight is 692 g/mol. The van der Waals surface area contributed by atoms with E-state index in [1.54, 1.807) is 0 Å². The van der Waals surface area contributed by atoms with Gasteiger partial charge in [0, 0.05) is 11.1 Å². The molecule has 0 radical (unpaired) electrons. The van der Waals surface area contributed by atoms with Gasteiger partial charge >= 0.3 is 18.5 Å². The number of amidine groups is 1. The quantitative estimate of drug-likeness (QED) is 0.0557. The summed E-state index contributed by atoms with van der Waals surface area (Å²) in [6.07, 6.45) is -14.3. The third kappa shape index (κ3) is 10.0. The summed E-state index contributed by atoms with van der Waals surface area (Å²) in [6, 6.07) is 8.13. The first-order chi connectivity index (χ1) is 21.2. The molecule has 7 nitrogen and oxygen atoms in total. The van der Waals surface area contributed by atoms with Gasteiger partial charge in [-0.25, -0.2) is 13.2 Å². The van der Waals surface area contributed by atoms with Gasteiger partial charge in [-0.3, -0.25) is 0 Å². The second-order valence-corrected chi connectivity index (χ2v) is 8.59. The Hall–Kier alpha value is -4.99. The molecule has 0 bridgehead atoms. The van der Waals surface area contributed by atoms with Crippen LogP contribution in [0.4, 0.5) is 52.7 Å². The summed E-state index contributed by atoms with van der Waals surface area (Å²) in [5.74, 6) is -4.70. The summed E-state index contributed by atoms with van der Waals surface area (Å²) in [5, 5.41) is 22.5. The van der Waals surface area contributed by atoms with Gasteiger partial charge in [-0.2, -0.15) is 49.8 Å². The summed E-state index contributed by atoms with van der Waals surface area (Å²) < 4.78 is 153. The smallest absolute Gasteiger partial charge is 0.409 e. The molecule has 0 spiro atoms. The molecule has 0 saturated carbocycles. The molecule has 0 unspecified atom stereocenters. The molecule has 4 rings (SSSR count). The topological polar surface area (TPSA) is 121 Å². The van der Waals surface area contributed by atoms with Crippen molar-refractivity contribution in [3.63, 3.8) is 0 Å². The first-order valence-electron chi connectivity index (χ1n) is 11.6. The van der Waals surface area contributed by atoms with E-state index in [2.05, 4.69) is 19.8 Å². The van der Waals surface area contributed by atoms with E-state index in [9.17, 15) is 52.7 Å². The van der Waals surface area contributed by atoms with Gasteiger partial charge in [0.05, 0.1) is 28.3 Å². The molecule has 246 valence electrons. The molecule has 0 saturated heterocycles. The predicted octanol–water partition coefficient (Wildman–Crippen LogP) is 8.29. The maximum Gasteiger partial charge on any atom is 0.419 e. The molecule has 4 aromatic rings. The fourth-order valence-electron chi connectivity index (χ4n) is 3.08. The van der Waals surface area contributed by atoms with Gasteiger partial charge in [0.2, 0.25) is 11.7 Å². The predicted molar refractivity (Wildman–Crippen MR) is 134 cm³/mol. The minimum atomic E-state index is -4.81. The number of benzene rings is 3. The largest absolute Gasteiger partial charge is 0.419 e. The van der Waals surface area contributed by atoms with Crippen LogP contribution in [0.25, 0.3) is 11.4 Å². The monoisotopic (exact) mass is 691 g/mol. The molecular weight excluding hydrogens is 678 g/mol. The highest BCUT2D eigenvalue weighted by Gasteiger charge is 2.36. The Bertz CT molecular complexity index is 1730. The van der Waals surface area contributed by atoms with Crippen LogP contribution in [0.2, 0.25) is 0 Å². The number of oxime groups is 1. The molecule has 1 aromatic heterocycles. The summed E-state index contributed by atoms with van der Waals surface area (Å²) in [7, 11) is 0. The Morgan fingerprint density at radius 3 is 1.74 bits per heavy atom. The van der Waals surface area contributed by atoms with Crippen LogP contribution in [0.15, 0.2) is 64.3 Å². The van der Waals surface area contributed by atoms with E-state index in [1.807, 2.05) is 0 Å². The highest BCUT2D eigenvalue weighted by Crippen LogP contribution is 2.34. The van der Waals surface area contributed by atoms with Crippen molar-refractivity contribution in [1.29, 1.82) is 5.26 Å². The van der Waals surface area contributed by atoms with Crippen LogP contribution in [0, 0.1) is 28.8 Å². The van der Waals surface area contributed by atoms with Crippen LogP contribution in [0.3, 0.4) is 0 Å². The van der Waals surface area contributed by atoms with Crippen molar-refractivity contribution in [2.45, 2.75) is 24.4 Å². The highest BCUT2D eigenvalue weighted by molar-refractivity contribution is 6.16. The number of halogens is 13. The van der Waals surface area contributed by atoms with Gasteiger partial charge < -0.3 is 15.5 Å². The first-order valence-corrected chi connectivity index (χ1v) is 12.1. The third-order valence-corrected chi connectivity index (χ3v) is 5.42. The lowest BCUT2D eigenvalue weighted by atomic mass is 10.1. The van der Waals surface area contributed by atoms with Crippen LogP contribution in [-0.2, 0) is 24.4 Å². The summed E-state index contributed by atoms with van der Waals surface area (Å²) >= 11 is 5.42. The second-order valence-electron chi connectivity index (χ2n) is 8.32. The van der Waals surface area contributed by atoms with Crippen molar-refractivity contribution in [1.82, 2.24) is 10.1 Å². The normalized spacial score (nSPS) is 12.0. The minimum absolute atomic E-state index is 0.00356. The average Bonchev–Trinajstić information content (AvgIpc) is 3.46. The van der Waals surface area contributed by atoms with Gasteiger partial charge in [0.1, 0.15) is 23.3 Å². The summed E-state index contributed by atoms with van der Waals surface area (Å²) in [5.41, 5.74) is 0.413. The van der Waals surface area contributed by atoms with Crippen molar-refractivity contribution in [3.8, 4) is 17.5 Å². The van der Waals surface area contributed by atoms with Gasteiger partial charge in [-0.15, -0.1) is 11.6 Å². The molecule has 3 aromatic carbocycles. The number of alkyl halides is 10. The lowest BCUT2D eigenvalue weighted by Crippen LogP contribution is -2.16. The molecule has 46 heavy (non-hydrogen) atoms. The molecule has 0 atom stereocenters. The van der Waals surface area contributed by atoms with E-state index in [4.69, 9.17) is 27.8 Å².